The zero-order chi connectivity index (χ0) is 8.72. The second kappa shape index (κ2) is 2.85. The van der Waals surface area contributed by atoms with E-state index < -0.39 is 0 Å². The quantitative estimate of drug-likeness (QED) is 0.741. The van der Waals surface area contributed by atoms with Crippen molar-refractivity contribution >= 4 is 49.7 Å². The number of benzene rings is 1. The lowest BCUT2D eigenvalue weighted by Crippen LogP contribution is -1.83. The van der Waals surface area contributed by atoms with Gasteiger partial charge in [-0.1, -0.05) is 0 Å². The molecule has 2 aromatic rings. The molecule has 0 aliphatic heterocycles. The third-order valence-electron chi connectivity index (χ3n) is 1.62. The Morgan fingerprint density at radius 3 is 2.92 bits per heavy atom. The third-order valence-corrected chi connectivity index (χ3v) is 3.89. The fourth-order valence-corrected chi connectivity index (χ4v) is 2.90. The summed E-state index contributed by atoms with van der Waals surface area (Å²) in [7, 11) is 0. The minimum absolute atomic E-state index is 0.225. The molecule has 0 aliphatic rings. The van der Waals surface area contributed by atoms with Gasteiger partial charge in [-0.25, -0.2) is 4.39 Å². The molecule has 2 N–H and O–H groups in total. The molecule has 1 nitrogen and oxygen atoms in total. The number of fused-ring (bicyclic) bond motifs is 1. The van der Waals surface area contributed by atoms with Crippen molar-refractivity contribution in [3.63, 3.8) is 0 Å². The van der Waals surface area contributed by atoms with Crippen LogP contribution in [0.5, 0.6) is 0 Å². The van der Waals surface area contributed by atoms with Gasteiger partial charge < -0.3 is 5.73 Å². The van der Waals surface area contributed by atoms with E-state index in [1.165, 1.54) is 12.1 Å². The molecule has 0 amide bonds. The molecule has 1 aromatic heterocycles. The van der Waals surface area contributed by atoms with Crippen molar-refractivity contribution in [3.8, 4) is 0 Å². The maximum Gasteiger partial charge on any atom is 0.125 e. The number of hydrogen-bond donors (Lipinski definition) is 1. The predicted molar refractivity (Wildman–Crippen MR) is 58.9 cm³/mol. The van der Waals surface area contributed by atoms with Gasteiger partial charge in [-0.05, 0) is 34.7 Å². The van der Waals surface area contributed by atoms with Crippen LogP contribution in [0.4, 0.5) is 10.1 Å². The minimum atomic E-state index is -0.225. The molecule has 0 aliphatic carbocycles. The first-order valence-electron chi connectivity index (χ1n) is 3.30. The van der Waals surface area contributed by atoms with Gasteiger partial charge in [0.15, 0.2) is 0 Å². The summed E-state index contributed by atoms with van der Waals surface area (Å²) in [6.45, 7) is 0. The number of anilines is 1. The Morgan fingerprint density at radius 1 is 1.42 bits per heavy atom. The average Bonchev–Trinajstić information content (AvgIpc) is 2.33. The molecule has 0 spiro atoms. The fraction of sp³-hybridized carbons (Fsp3) is 0. The number of thiophene rings is 1. The largest absolute Gasteiger partial charge is 0.398 e. The molecule has 0 bridgehead atoms. The van der Waals surface area contributed by atoms with Crippen LogP contribution in [-0.2, 0) is 0 Å². The second-order valence-electron chi connectivity index (χ2n) is 2.46. The second-order valence-corrected chi connectivity index (χ2v) is 4.50. The molecule has 0 fully saturated rings. The van der Waals surface area contributed by atoms with Crippen LogP contribution in [0.15, 0.2) is 17.5 Å². The number of nitrogens with two attached hydrogens (primary N) is 1. The number of hydrogen-bond acceptors (Lipinski definition) is 2. The Morgan fingerprint density at radius 2 is 2.17 bits per heavy atom. The zero-order valence-corrected chi connectivity index (χ0v) is 8.95. The molecule has 1 heterocycles. The van der Waals surface area contributed by atoms with Gasteiger partial charge in [0.1, 0.15) is 5.82 Å². The first kappa shape index (κ1) is 8.25. The highest BCUT2D eigenvalue weighted by Gasteiger charge is 2.05. The standard InChI is InChI=1S/C8H5FINS/c9-4-1-5-7(11)3-12-8(5)6(10)2-4/h1-3H,11H2. The lowest BCUT2D eigenvalue weighted by molar-refractivity contribution is 0.629. The van der Waals surface area contributed by atoms with E-state index >= 15 is 0 Å². The van der Waals surface area contributed by atoms with Crippen LogP contribution in [0.2, 0.25) is 0 Å². The average molecular weight is 293 g/mol. The summed E-state index contributed by atoms with van der Waals surface area (Å²) in [4.78, 5) is 0. The summed E-state index contributed by atoms with van der Waals surface area (Å²) < 4.78 is 14.9. The summed E-state index contributed by atoms with van der Waals surface area (Å²) in [5, 5.41) is 2.66. The summed E-state index contributed by atoms with van der Waals surface area (Å²) >= 11 is 3.66. The van der Waals surface area contributed by atoms with Gasteiger partial charge in [-0.2, -0.15) is 0 Å². The highest BCUT2D eigenvalue weighted by molar-refractivity contribution is 14.1. The summed E-state index contributed by atoms with van der Waals surface area (Å²) in [5.74, 6) is -0.225. The van der Waals surface area contributed by atoms with Crippen molar-refractivity contribution in [2.75, 3.05) is 5.73 Å². The summed E-state index contributed by atoms with van der Waals surface area (Å²) in [5.41, 5.74) is 6.31. The van der Waals surface area contributed by atoms with E-state index in [0.717, 1.165) is 13.7 Å². The highest BCUT2D eigenvalue weighted by Crippen LogP contribution is 2.32. The normalized spacial score (nSPS) is 10.8. The molecule has 4 heteroatoms. The Labute approximate surface area is 86.5 Å². The predicted octanol–water partition coefficient (Wildman–Crippen LogP) is 3.23. The van der Waals surface area contributed by atoms with Crippen LogP contribution >= 0.6 is 33.9 Å². The lowest BCUT2D eigenvalue weighted by Gasteiger charge is -1.95. The maximum absolute atomic E-state index is 12.9. The van der Waals surface area contributed by atoms with Crippen LogP contribution in [0, 0.1) is 9.39 Å². The number of halogens is 2. The van der Waals surface area contributed by atoms with Gasteiger partial charge in [-0.15, -0.1) is 11.3 Å². The van der Waals surface area contributed by atoms with Crippen LogP contribution in [0.3, 0.4) is 0 Å². The van der Waals surface area contributed by atoms with Crippen molar-refractivity contribution in [1.29, 1.82) is 0 Å². The van der Waals surface area contributed by atoms with Crippen molar-refractivity contribution in [1.82, 2.24) is 0 Å². The molecular weight excluding hydrogens is 288 g/mol. The molecular formula is C8H5FINS. The van der Waals surface area contributed by atoms with Gasteiger partial charge in [0.05, 0.1) is 5.69 Å². The van der Waals surface area contributed by atoms with E-state index in [4.69, 9.17) is 5.73 Å². The van der Waals surface area contributed by atoms with Crippen molar-refractivity contribution in [3.05, 3.63) is 26.9 Å². The molecule has 0 saturated carbocycles. The fourth-order valence-electron chi connectivity index (χ4n) is 1.08. The summed E-state index contributed by atoms with van der Waals surface area (Å²) in [6.07, 6.45) is 0. The van der Waals surface area contributed by atoms with Crippen LogP contribution in [0.1, 0.15) is 0 Å². The number of rotatable bonds is 0. The third kappa shape index (κ3) is 1.19. The maximum atomic E-state index is 12.9. The highest BCUT2D eigenvalue weighted by atomic mass is 127. The Balaban J connectivity index is 2.92. The van der Waals surface area contributed by atoms with Crippen molar-refractivity contribution in [2.24, 2.45) is 0 Å². The van der Waals surface area contributed by atoms with Crippen LogP contribution in [0.25, 0.3) is 10.1 Å². The molecule has 1 aromatic carbocycles. The van der Waals surface area contributed by atoms with Gasteiger partial charge in [0.25, 0.3) is 0 Å². The first-order valence-corrected chi connectivity index (χ1v) is 5.26. The minimum Gasteiger partial charge on any atom is -0.398 e. The van der Waals surface area contributed by atoms with Crippen LogP contribution < -0.4 is 5.73 Å². The topological polar surface area (TPSA) is 26.0 Å². The van der Waals surface area contributed by atoms with E-state index in [1.54, 1.807) is 11.3 Å². The first-order chi connectivity index (χ1) is 5.68. The van der Waals surface area contributed by atoms with E-state index in [0.29, 0.717) is 5.69 Å². The zero-order valence-electron chi connectivity index (χ0n) is 5.97. The molecule has 0 atom stereocenters. The van der Waals surface area contributed by atoms with Crippen molar-refractivity contribution in [2.45, 2.75) is 0 Å². The van der Waals surface area contributed by atoms with Gasteiger partial charge in [-0.3, -0.25) is 0 Å². The lowest BCUT2D eigenvalue weighted by atomic mass is 10.2. The SMILES string of the molecule is Nc1csc2c(I)cc(F)cc12. The van der Waals surface area contributed by atoms with Gasteiger partial charge in [0.2, 0.25) is 0 Å². The smallest absolute Gasteiger partial charge is 0.125 e. The van der Waals surface area contributed by atoms with E-state index in [1.807, 2.05) is 5.38 Å². The molecule has 12 heavy (non-hydrogen) atoms. The Kier molecular flexibility index (Phi) is 1.96. The van der Waals surface area contributed by atoms with Gasteiger partial charge in [0, 0.05) is 19.0 Å². The van der Waals surface area contributed by atoms with E-state index in [9.17, 15) is 4.39 Å². The van der Waals surface area contributed by atoms with Crippen molar-refractivity contribution < 1.29 is 4.39 Å². The molecule has 0 unspecified atom stereocenters. The molecule has 2 rings (SSSR count). The summed E-state index contributed by atoms with van der Waals surface area (Å²) in [6, 6.07) is 2.99. The monoisotopic (exact) mass is 293 g/mol. The molecule has 62 valence electrons. The van der Waals surface area contributed by atoms with E-state index in [-0.39, 0.29) is 5.82 Å². The molecule has 0 saturated heterocycles. The van der Waals surface area contributed by atoms with E-state index in [2.05, 4.69) is 22.6 Å². The Hall–Kier alpha value is -0.360. The number of nitrogen functional groups attached to an aromatic ring is 1. The molecule has 0 radical (unpaired) electrons. The van der Waals surface area contributed by atoms with Gasteiger partial charge >= 0.3 is 0 Å². The Bertz CT molecular complexity index is 438. The van der Waals surface area contributed by atoms with Crippen LogP contribution in [-0.4, -0.2) is 0 Å².